The SMILES string of the molecule is CC(C)(NCCCn1ccnc1)c1ccc(CC(=O)NCc2ccc(Cl)cc2)cc1. The van der Waals surface area contributed by atoms with Gasteiger partial charge in [0, 0.05) is 36.0 Å². The van der Waals surface area contributed by atoms with Gasteiger partial charge in [-0.3, -0.25) is 4.79 Å². The Labute approximate surface area is 183 Å². The summed E-state index contributed by atoms with van der Waals surface area (Å²) in [5, 5.41) is 7.27. The fraction of sp³-hybridized carbons (Fsp3) is 0.333. The van der Waals surface area contributed by atoms with E-state index in [1.54, 1.807) is 6.20 Å². The average molecular weight is 425 g/mol. The summed E-state index contributed by atoms with van der Waals surface area (Å²) in [5.41, 5.74) is 3.10. The van der Waals surface area contributed by atoms with E-state index in [0.29, 0.717) is 18.0 Å². The van der Waals surface area contributed by atoms with Crippen LogP contribution < -0.4 is 10.6 Å². The van der Waals surface area contributed by atoms with Gasteiger partial charge in [0.2, 0.25) is 5.91 Å². The molecule has 2 aromatic carbocycles. The molecule has 0 unspecified atom stereocenters. The zero-order valence-electron chi connectivity index (χ0n) is 17.6. The molecule has 30 heavy (non-hydrogen) atoms. The van der Waals surface area contributed by atoms with Gasteiger partial charge in [0.25, 0.3) is 0 Å². The van der Waals surface area contributed by atoms with Gasteiger partial charge in [-0.25, -0.2) is 4.98 Å². The van der Waals surface area contributed by atoms with Gasteiger partial charge in [-0.2, -0.15) is 0 Å². The molecule has 2 N–H and O–H groups in total. The quantitative estimate of drug-likeness (QED) is 0.477. The fourth-order valence-electron chi connectivity index (χ4n) is 3.27. The second-order valence-electron chi connectivity index (χ2n) is 7.98. The summed E-state index contributed by atoms with van der Waals surface area (Å²) in [5.74, 6) is 0.00888. The summed E-state index contributed by atoms with van der Waals surface area (Å²) in [6, 6.07) is 15.8. The van der Waals surface area contributed by atoms with Crippen LogP contribution in [-0.4, -0.2) is 22.0 Å². The Bertz CT molecular complexity index is 919. The largest absolute Gasteiger partial charge is 0.352 e. The number of carbonyl (C=O) groups is 1. The Kier molecular flexibility index (Phi) is 7.66. The molecule has 0 aliphatic rings. The first-order chi connectivity index (χ1) is 14.4. The molecule has 0 saturated heterocycles. The van der Waals surface area contributed by atoms with E-state index in [1.165, 1.54) is 5.56 Å². The normalized spacial score (nSPS) is 11.4. The molecule has 158 valence electrons. The van der Waals surface area contributed by atoms with Crippen LogP contribution in [0.2, 0.25) is 5.02 Å². The third-order valence-electron chi connectivity index (χ3n) is 5.16. The highest BCUT2D eigenvalue weighted by Gasteiger charge is 2.19. The van der Waals surface area contributed by atoms with Gasteiger partial charge >= 0.3 is 0 Å². The zero-order chi connectivity index (χ0) is 21.4. The molecule has 0 aliphatic carbocycles. The first-order valence-corrected chi connectivity index (χ1v) is 10.6. The Hall–Kier alpha value is -2.63. The Morgan fingerprint density at radius 1 is 1.07 bits per heavy atom. The number of aryl methyl sites for hydroxylation is 1. The van der Waals surface area contributed by atoms with Crippen molar-refractivity contribution in [3.8, 4) is 0 Å². The molecule has 0 saturated carbocycles. The number of nitrogens with one attached hydrogen (secondary N) is 2. The van der Waals surface area contributed by atoms with Crippen molar-refractivity contribution >= 4 is 17.5 Å². The second kappa shape index (κ2) is 10.4. The smallest absolute Gasteiger partial charge is 0.224 e. The van der Waals surface area contributed by atoms with Gasteiger partial charge in [0.05, 0.1) is 12.7 Å². The van der Waals surface area contributed by atoms with E-state index in [-0.39, 0.29) is 11.4 Å². The van der Waals surface area contributed by atoms with Crippen LogP contribution in [0.25, 0.3) is 0 Å². The monoisotopic (exact) mass is 424 g/mol. The van der Waals surface area contributed by atoms with E-state index >= 15 is 0 Å². The van der Waals surface area contributed by atoms with Crippen molar-refractivity contribution in [2.75, 3.05) is 6.54 Å². The van der Waals surface area contributed by atoms with Crippen molar-refractivity contribution in [3.05, 3.63) is 89.0 Å². The van der Waals surface area contributed by atoms with Crippen molar-refractivity contribution in [3.63, 3.8) is 0 Å². The van der Waals surface area contributed by atoms with Crippen LogP contribution in [0.15, 0.2) is 67.3 Å². The maximum Gasteiger partial charge on any atom is 0.224 e. The van der Waals surface area contributed by atoms with Gasteiger partial charge in [-0.05, 0) is 55.6 Å². The van der Waals surface area contributed by atoms with Crippen LogP contribution in [0.4, 0.5) is 0 Å². The summed E-state index contributed by atoms with van der Waals surface area (Å²) in [6.45, 7) is 6.73. The molecule has 0 aliphatic heterocycles. The van der Waals surface area contributed by atoms with Crippen LogP contribution in [0.1, 0.15) is 37.0 Å². The number of hydrogen-bond donors (Lipinski definition) is 2. The number of nitrogens with zero attached hydrogens (tertiary/aromatic N) is 2. The molecule has 1 heterocycles. The topological polar surface area (TPSA) is 59.0 Å². The van der Waals surface area contributed by atoms with Gasteiger partial charge in [0.1, 0.15) is 0 Å². The van der Waals surface area contributed by atoms with Gasteiger partial charge in [-0.1, -0.05) is 48.0 Å². The molecule has 6 heteroatoms. The van der Waals surface area contributed by atoms with Crippen molar-refractivity contribution in [1.29, 1.82) is 0 Å². The van der Waals surface area contributed by atoms with Crippen molar-refractivity contribution < 1.29 is 4.79 Å². The minimum absolute atomic E-state index is 0.00888. The lowest BCUT2D eigenvalue weighted by Gasteiger charge is -2.27. The molecule has 5 nitrogen and oxygen atoms in total. The van der Waals surface area contributed by atoms with E-state index in [1.807, 2.05) is 48.9 Å². The number of carbonyl (C=O) groups excluding carboxylic acids is 1. The van der Waals surface area contributed by atoms with Crippen molar-refractivity contribution in [1.82, 2.24) is 20.2 Å². The van der Waals surface area contributed by atoms with Gasteiger partial charge < -0.3 is 15.2 Å². The summed E-state index contributed by atoms with van der Waals surface area (Å²) in [4.78, 5) is 16.3. The molecule has 0 fully saturated rings. The van der Waals surface area contributed by atoms with Crippen LogP contribution in [0, 0.1) is 0 Å². The summed E-state index contributed by atoms with van der Waals surface area (Å²) < 4.78 is 2.08. The van der Waals surface area contributed by atoms with Crippen LogP contribution in [0.5, 0.6) is 0 Å². The lowest BCUT2D eigenvalue weighted by Crippen LogP contribution is -2.37. The van der Waals surface area contributed by atoms with E-state index in [9.17, 15) is 4.79 Å². The number of hydrogen-bond acceptors (Lipinski definition) is 3. The Morgan fingerprint density at radius 3 is 2.43 bits per heavy atom. The number of aromatic nitrogens is 2. The predicted octanol–water partition coefficient (Wildman–Crippen LogP) is 4.31. The summed E-state index contributed by atoms with van der Waals surface area (Å²) in [6.07, 6.45) is 7.03. The molecular weight excluding hydrogens is 396 g/mol. The molecule has 1 aromatic heterocycles. The lowest BCUT2D eigenvalue weighted by molar-refractivity contribution is -0.120. The maximum absolute atomic E-state index is 12.3. The molecule has 0 spiro atoms. The van der Waals surface area contributed by atoms with E-state index < -0.39 is 0 Å². The first kappa shape index (κ1) is 22.1. The minimum atomic E-state index is -0.135. The highest BCUT2D eigenvalue weighted by atomic mass is 35.5. The number of rotatable bonds is 10. The molecule has 0 atom stereocenters. The molecule has 3 aromatic rings. The summed E-state index contributed by atoms with van der Waals surface area (Å²) in [7, 11) is 0. The predicted molar refractivity (Wildman–Crippen MR) is 121 cm³/mol. The number of halogens is 1. The maximum atomic E-state index is 12.3. The minimum Gasteiger partial charge on any atom is -0.352 e. The molecule has 0 radical (unpaired) electrons. The van der Waals surface area contributed by atoms with E-state index in [0.717, 1.165) is 30.6 Å². The zero-order valence-corrected chi connectivity index (χ0v) is 18.3. The number of imidazole rings is 1. The molecule has 0 bridgehead atoms. The van der Waals surface area contributed by atoms with E-state index in [4.69, 9.17) is 11.6 Å². The van der Waals surface area contributed by atoms with E-state index in [2.05, 4.69) is 46.2 Å². The second-order valence-corrected chi connectivity index (χ2v) is 8.42. The van der Waals surface area contributed by atoms with Crippen LogP contribution in [-0.2, 0) is 29.8 Å². The van der Waals surface area contributed by atoms with Gasteiger partial charge in [-0.15, -0.1) is 0 Å². The molecule has 3 rings (SSSR count). The highest BCUT2D eigenvalue weighted by Crippen LogP contribution is 2.20. The molecule has 1 amide bonds. The van der Waals surface area contributed by atoms with Crippen LogP contribution in [0.3, 0.4) is 0 Å². The summed E-state index contributed by atoms with van der Waals surface area (Å²) >= 11 is 5.89. The first-order valence-electron chi connectivity index (χ1n) is 10.2. The fourth-order valence-corrected chi connectivity index (χ4v) is 3.40. The average Bonchev–Trinajstić information content (AvgIpc) is 3.25. The molecular formula is C24H29ClN4O. The highest BCUT2D eigenvalue weighted by molar-refractivity contribution is 6.30. The number of amides is 1. The van der Waals surface area contributed by atoms with Gasteiger partial charge in [0.15, 0.2) is 0 Å². The third kappa shape index (κ3) is 6.71. The third-order valence-corrected chi connectivity index (χ3v) is 5.41. The van der Waals surface area contributed by atoms with Crippen LogP contribution >= 0.6 is 11.6 Å². The van der Waals surface area contributed by atoms with Crippen molar-refractivity contribution in [2.24, 2.45) is 0 Å². The van der Waals surface area contributed by atoms with Crippen molar-refractivity contribution in [2.45, 2.75) is 45.3 Å². The standard InChI is InChI=1S/C24H29ClN4O/c1-24(2,28-12-3-14-29-15-13-26-18-29)21-8-4-19(5-9-21)16-23(30)27-17-20-6-10-22(25)11-7-20/h4-11,13,15,18,28H,3,12,14,16-17H2,1-2H3,(H,27,30). The number of benzene rings is 2. The Balaban J connectivity index is 1.44. The Morgan fingerprint density at radius 2 is 1.77 bits per heavy atom. The lowest BCUT2D eigenvalue weighted by atomic mass is 9.93.